The van der Waals surface area contributed by atoms with E-state index in [1.54, 1.807) is 14.2 Å². The van der Waals surface area contributed by atoms with Gasteiger partial charge in [0.2, 0.25) is 0 Å². The molecule has 0 amide bonds. The quantitative estimate of drug-likeness (QED) is 0.104. The van der Waals surface area contributed by atoms with Crippen molar-refractivity contribution >= 4 is 21.5 Å². The molecule has 0 aliphatic heterocycles. The predicted octanol–water partition coefficient (Wildman–Crippen LogP) is 8.54. The lowest BCUT2D eigenvalue weighted by Crippen LogP contribution is -2.39. The van der Waals surface area contributed by atoms with Crippen molar-refractivity contribution < 1.29 is 14.0 Å². The Balaban J connectivity index is 1.70. The smallest absolute Gasteiger partial charge is 0.160 e. The summed E-state index contributed by atoms with van der Waals surface area (Å²) in [4.78, 5) is 0. The molecule has 0 aromatic heterocycles. The summed E-state index contributed by atoms with van der Waals surface area (Å²) in [5.74, 6) is 1.54. The van der Waals surface area contributed by atoms with Crippen LogP contribution in [0.4, 0.5) is 0 Å². The van der Waals surface area contributed by atoms with E-state index in [0.717, 1.165) is 28.9 Å². The Morgan fingerprint density at radius 1 is 0.622 bits per heavy atom. The van der Waals surface area contributed by atoms with E-state index in [4.69, 9.17) is 9.47 Å². The summed E-state index contributed by atoms with van der Waals surface area (Å²) in [6, 6.07) is 24.2. The molecule has 0 heterocycles. The number of fused-ring (bicyclic) bond motifs is 2. The van der Waals surface area contributed by atoms with Crippen molar-refractivity contribution in [3.8, 4) is 11.5 Å². The molecule has 4 aromatic rings. The Bertz CT molecular complexity index is 1270. The molecule has 3 nitrogen and oxygen atoms in total. The summed E-state index contributed by atoms with van der Waals surface area (Å²) < 4.78 is 12.1. The molecule has 0 saturated carbocycles. The van der Waals surface area contributed by atoms with Crippen molar-refractivity contribution in [3.63, 3.8) is 0 Å². The lowest BCUT2D eigenvalue weighted by atomic mass is 9.88. The number of ether oxygens (including phenoxy) is 2. The van der Waals surface area contributed by atoms with Gasteiger partial charge in [-0.05, 0) is 64.1 Å². The predicted molar refractivity (Wildman–Crippen MR) is 158 cm³/mol. The summed E-state index contributed by atoms with van der Waals surface area (Å²) in [6.45, 7) is 4.53. The highest BCUT2D eigenvalue weighted by molar-refractivity contribution is 6.06. The summed E-state index contributed by atoms with van der Waals surface area (Å²) in [6.07, 6.45) is 8.90. The Labute approximate surface area is 223 Å². The maximum Gasteiger partial charge on any atom is 0.160 e. The zero-order chi connectivity index (χ0) is 26.3. The van der Waals surface area contributed by atoms with Crippen LogP contribution in [-0.4, -0.2) is 39.3 Å². The molecule has 4 rings (SSSR count). The van der Waals surface area contributed by atoms with E-state index < -0.39 is 0 Å². The zero-order valence-electron chi connectivity index (χ0n) is 23.5. The van der Waals surface area contributed by atoms with Gasteiger partial charge in [-0.25, -0.2) is 0 Å². The molecule has 4 aromatic carbocycles. The van der Waals surface area contributed by atoms with E-state index in [9.17, 15) is 0 Å². The van der Waals surface area contributed by atoms with Gasteiger partial charge in [0.1, 0.15) is 6.54 Å². The number of rotatable bonds is 13. The zero-order valence-corrected chi connectivity index (χ0v) is 23.5. The molecule has 0 aliphatic carbocycles. The number of quaternary nitrogens is 1. The van der Waals surface area contributed by atoms with E-state index in [2.05, 4.69) is 81.7 Å². The van der Waals surface area contributed by atoms with E-state index in [-0.39, 0.29) is 0 Å². The van der Waals surface area contributed by atoms with E-state index in [0.29, 0.717) is 0 Å². The van der Waals surface area contributed by atoms with Crippen molar-refractivity contribution in [2.24, 2.45) is 0 Å². The first-order valence-electron chi connectivity index (χ1n) is 13.9. The average molecular weight is 499 g/mol. The summed E-state index contributed by atoms with van der Waals surface area (Å²) >= 11 is 0. The highest BCUT2D eigenvalue weighted by atomic mass is 16.5. The maximum absolute atomic E-state index is 5.60. The Hall–Kier alpha value is -3.04. The number of unbranched alkanes of at least 4 members (excludes halogenated alkanes) is 5. The standard InChI is InChI=1S/C34H44NO2/c1-6-7-8-9-10-15-22-35(2,3)25-32-29-18-13-11-16-27(29)31(28-17-12-14-19-30(28)32)23-26-20-21-33(36-4)34(24-26)37-5/h11-14,16-21,24H,6-10,15,22-23,25H2,1-5H3/q+1. The minimum atomic E-state index is 0.765. The van der Waals surface area contributed by atoms with Gasteiger partial charge in [0.15, 0.2) is 11.5 Å². The van der Waals surface area contributed by atoms with E-state index in [1.165, 1.54) is 83.3 Å². The average Bonchev–Trinajstić information content (AvgIpc) is 2.92. The molecule has 3 heteroatoms. The third-order valence-electron chi connectivity index (χ3n) is 7.69. The summed E-state index contributed by atoms with van der Waals surface area (Å²) in [5.41, 5.74) is 4.07. The number of nitrogens with zero attached hydrogens (tertiary/aromatic N) is 1. The monoisotopic (exact) mass is 498 g/mol. The molecular formula is C34H44NO2+. The number of benzene rings is 4. The van der Waals surface area contributed by atoms with E-state index in [1.807, 2.05) is 6.07 Å². The third kappa shape index (κ3) is 6.45. The van der Waals surface area contributed by atoms with Crippen molar-refractivity contribution in [3.05, 3.63) is 83.4 Å². The fourth-order valence-corrected chi connectivity index (χ4v) is 5.69. The summed E-state index contributed by atoms with van der Waals surface area (Å²) in [7, 11) is 8.18. The highest BCUT2D eigenvalue weighted by Crippen LogP contribution is 2.37. The fourth-order valence-electron chi connectivity index (χ4n) is 5.69. The second-order valence-electron chi connectivity index (χ2n) is 11.0. The van der Waals surface area contributed by atoms with Gasteiger partial charge in [-0.15, -0.1) is 0 Å². The topological polar surface area (TPSA) is 18.5 Å². The van der Waals surface area contributed by atoms with Gasteiger partial charge in [-0.1, -0.05) is 87.2 Å². The minimum Gasteiger partial charge on any atom is -0.493 e. The van der Waals surface area contributed by atoms with Crippen LogP contribution < -0.4 is 9.47 Å². The first-order valence-corrected chi connectivity index (χ1v) is 13.9. The van der Waals surface area contributed by atoms with Crippen LogP contribution in [0.1, 0.15) is 62.1 Å². The molecule has 0 saturated heterocycles. The first kappa shape index (κ1) is 27.0. The Morgan fingerprint density at radius 3 is 1.73 bits per heavy atom. The molecule has 0 N–H and O–H groups in total. The van der Waals surface area contributed by atoms with Gasteiger partial charge < -0.3 is 14.0 Å². The van der Waals surface area contributed by atoms with Crippen LogP contribution in [0.3, 0.4) is 0 Å². The van der Waals surface area contributed by atoms with Crippen LogP contribution in [-0.2, 0) is 13.0 Å². The van der Waals surface area contributed by atoms with Gasteiger partial charge in [-0.3, -0.25) is 0 Å². The van der Waals surface area contributed by atoms with Crippen LogP contribution in [0, 0.1) is 0 Å². The largest absolute Gasteiger partial charge is 0.493 e. The van der Waals surface area contributed by atoms with Gasteiger partial charge in [0, 0.05) is 5.56 Å². The van der Waals surface area contributed by atoms with Crippen molar-refractivity contribution in [2.75, 3.05) is 34.9 Å². The van der Waals surface area contributed by atoms with Gasteiger partial charge in [0.25, 0.3) is 0 Å². The van der Waals surface area contributed by atoms with Crippen molar-refractivity contribution in [2.45, 2.75) is 58.4 Å². The van der Waals surface area contributed by atoms with Crippen LogP contribution in [0.25, 0.3) is 21.5 Å². The maximum atomic E-state index is 5.60. The van der Waals surface area contributed by atoms with E-state index >= 15 is 0 Å². The molecule has 0 spiro atoms. The lowest BCUT2D eigenvalue weighted by molar-refractivity contribution is -0.903. The molecule has 0 atom stereocenters. The molecule has 0 radical (unpaired) electrons. The van der Waals surface area contributed by atoms with Gasteiger partial charge in [-0.2, -0.15) is 0 Å². The Morgan fingerprint density at radius 2 is 1.16 bits per heavy atom. The molecular weight excluding hydrogens is 454 g/mol. The summed E-state index contributed by atoms with van der Waals surface area (Å²) in [5, 5.41) is 5.47. The van der Waals surface area contributed by atoms with Crippen molar-refractivity contribution in [1.29, 1.82) is 0 Å². The normalized spacial score (nSPS) is 11.8. The van der Waals surface area contributed by atoms with Crippen LogP contribution in [0.5, 0.6) is 11.5 Å². The SMILES string of the molecule is CCCCCCCC[N+](C)(C)Cc1c2ccccc2c(Cc2ccc(OC)c(OC)c2)c2ccccc12. The highest BCUT2D eigenvalue weighted by Gasteiger charge is 2.21. The molecule has 196 valence electrons. The van der Waals surface area contributed by atoms with Gasteiger partial charge >= 0.3 is 0 Å². The number of hydrogen-bond donors (Lipinski definition) is 0. The second kappa shape index (κ2) is 12.5. The number of methoxy groups -OCH3 is 2. The first-order chi connectivity index (χ1) is 18.0. The molecule has 0 fully saturated rings. The van der Waals surface area contributed by atoms with Gasteiger partial charge in [0.05, 0.1) is 34.9 Å². The molecule has 0 unspecified atom stereocenters. The lowest BCUT2D eigenvalue weighted by Gasteiger charge is -2.31. The second-order valence-corrected chi connectivity index (χ2v) is 11.0. The fraction of sp³-hybridized carbons (Fsp3) is 0.412. The number of hydrogen-bond acceptors (Lipinski definition) is 2. The van der Waals surface area contributed by atoms with Crippen LogP contribution >= 0.6 is 0 Å². The van der Waals surface area contributed by atoms with Crippen LogP contribution in [0.2, 0.25) is 0 Å². The minimum absolute atomic E-state index is 0.765. The van der Waals surface area contributed by atoms with Crippen molar-refractivity contribution in [1.82, 2.24) is 0 Å². The Kier molecular flexibility index (Phi) is 9.10. The molecule has 0 bridgehead atoms. The third-order valence-corrected chi connectivity index (χ3v) is 7.69. The van der Waals surface area contributed by atoms with Crippen LogP contribution in [0.15, 0.2) is 66.7 Å². The molecule has 0 aliphatic rings. The molecule has 37 heavy (non-hydrogen) atoms.